The summed E-state index contributed by atoms with van der Waals surface area (Å²) in [7, 11) is -0.233. The highest BCUT2D eigenvalue weighted by molar-refractivity contribution is 6.70. The fourth-order valence-corrected chi connectivity index (χ4v) is 2.28. The van der Waals surface area contributed by atoms with Crippen LogP contribution >= 0.6 is 0 Å². The Morgan fingerprint density at radius 2 is 1.82 bits per heavy atom. The predicted octanol–water partition coefficient (Wildman–Crippen LogP) is 2.92. The maximum atomic E-state index is 11.0. The summed E-state index contributed by atoms with van der Waals surface area (Å²) in [4.78, 5) is 11.0. The second kappa shape index (κ2) is 4.79. The fourth-order valence-electron chi connectivity index (χ4n) is 1.46. The number of carbonyl (C=O) groups is 1. The highest BCUT2D eigenvalue weighted by Gasteiger charge is 2.20. The van der Waals surface area contributed by atoms with Crippen LogP contribution in [0.15, 0.2) is 12.1 Å². The first-order valence-electron chi connectivity index (χ1n) is 5.35. The Morgan fingerprint density at radius 1 is 1.24 bits per heavy atom. The molecular weight excluding hydrogens is 236 g/mol. The average Bonchev–Trinajstić information content (AvgIpc) is 2.14. The van der Waals surface area contributed by atoms with Gasteiger partial charge in [-0.15, -0.1) is 0 Å². The summed E-state index contributed by atoms with van der Waals surface area (Å²) < 4.78 is 11.0. The molecule has 0 saturated carbocycles. The number of hydrogen-bond acceptors (Lipinski definition) is 3. The highest BCUT2D eigenvalue weighted by atomic mass is 28.4. The van der Waals surface area contributed by atoms with Crippen molar-refractivity contribution < 1.29 is 19.1 Å². The quantitative estimate of drug-likeness (QED) is 0.839. The Hall–Kier alpha value is -1.49. The molecule has 0 aliphatic heterocycles. The van der Waals surface area contributed by atoms with Gasteiger partial charge in [0.15, 0.2) is 5.75 Å². The normalized spacial score (nSPS) is 11.1. The van der Waals surface area contributed by atoms with E-state index in [1.165, 1.54) is 13.2 Å². The molecule has 0 bridgehead atoms. The van der Waals surface area contributed by atoms with Crippen molar-refractivity contribution in [1.82, 2.24) is 0 Å². The molecule has 0 heterocycles. The minimum Gasteiger partial charge on any atom is -0.542 e. The molecule has 1 N–H and O–H groups in total. The number of carboxylic acids is 1. The molecule has 0 unspecified atom stereocenters. The topological polar surface area (TPSA) is 55.8 Å². The Bertz CT molecular complexity index is 435. The van der Waals surface area contributed by atoms with Crippen LogP contribution in [0.1, 0.15) is 15.9 Å². The maximum Gasteiger partial charge on any atom is 0.336 e. The predicted molar refractivity (Wildman–Crippen MR) is 68.7 cm³/mol. The van der Waals surface area contributed by atoms with Crippen LogP contribution in [0.3, 0.4) is 0 Å². The van der Waals surface area contributed by atoms with Crippen LogP contribution in [0.25, 0.3) is 0 Å². The van der Waals surface area contributed by atoms with Crippen molar-refractivity contribution in [1.29, 1.82) is 0 Å². The van der Waals surface area contributed by atoms with Crippen LogP contribution in [-0.4, -0.2) is 26.5 Å². The van der Waals surface area contributed by atoms with Gasteiger partial charge in [0.05, 0.1) is 12.7 Å². The largest absolute Gasteiger partial charge is 0.542 e. The van der Waals surface area contributed by atoms with Crippen molar-refractivity contribution in [2.75, 3.05) is 7.11 Å². The SMILES string of the molecule is COc1cc(C(=O)O)c(C)cc1O[Si](C)(C)C. The molecule has 4 nitrogen and oxygen atoms in total. The van der Waals surface area contributed by atoms with E-state index in [1.807, 2.05) is 0 Å². The Labute approximate surface area is 102 Å². The second-order valence-corrected chi connectivity index (χ2v) is 9.27. The first-order valence-corrected chi connectivity index (χ1v) is 8.76. The molecule has 0 atom stereocenters. The molecule has 0 radical (unpaired) electrons. The molecule has 0 aromatic heterocycles. The Kier molecular flexibility index (Phi) is 3.82. The van der Waals surface area contributed by atoms with E-state index in [9.17, 15) is 4.79 Å². The van der Waals surface area contributed by atoms with Crippen LogP contribution in [0.5, 0.6) is 11.5 Å². The van der Waals surface area contributed by atoms with E-state index in [1.54, 1.807) is 13.0 Å². The summed E-state index contributed by atoms with van der Waals surface area (Å²) >= 11 is 0. The Balaban J connectivity index is 3.24. The Morgan fingerprint density at radius 3 is 2.24 bits per heavy atom. The molecule has 1 aromatic rings. The molecule has 0 fully saturated rings. The monoisotopic (exact) mass is 254 g/mol. The second-order valence-electron chi connectivity index (χ2n) is 4.84. The number of ether oxygens (including phenoxy) is 1. The number of hydrogen-bond donors (Lipinski definition) is 1. The van der Waals surface area contributed by atoms with Gasteiger partial charge < -0.3 is 14.3 Å². The third kappa shape index (κ3) is 3.49. The lowest BCUT2D eigenvalue weighted by molar-refractivity contribution is 0.0695. The smallest absolute Gasteiger partial charge is 0.336 e. The number of benzene rings is 1. The van der Waals surface area contributed by atoms with Gasteiger partial charge in [-0.1, -0.05) is 0 Å². The van der Waals surface area contributed by atoms with Gasteiger partial charge in [0.25, 0.3) is 0 Å². The summed E-state index contributed by atoms with van der Waals surface area (Å²) in [6.45, 7) is 7.94. The number of aromatic carboxylic acids is 1. The molecule has 0 spiro atoms. The third-order valence-electron chi connectivity index (χ3n) is 2.16. The van der Waals surface area contributed by atoms with Crippen LogP contribution < -0.4 is 9.16 Å². The summed E-state index contributed by atoms with van der Waals surface area (Å²) in [5, 5.41) is 9.02. The molecular formula is C12H18O4Si. The molecule has 5 heteroatoms. The standard InChI is InChI=1S/C12H18O4Si/c1-8-6-11(16-17(3,4)5)10(15-2)7-9(8)12(13)14/h6-7H,1-5H3,(H,13,14). The van der Waals surface area contributed by atoms with Crippen molar-refractivity contribution in [3.05, 3.63) is 23.3 Å². The van der Waals surface area contributed by atoms with Gasteiger partial charge in [0.2, 0.25) is 8.32 Å². The minimum absolute atomic E-state index is 0.241. The van der Waals surface area contributed by atoms with E-state index in [2.05, 4.69) is 19.6 Å². The lowest BCUT2D eigenvalue weighted by Gasteiger charge is -2.22. The number of rotatable bonds is 4. The summed E-state index contributed by atoms with van der Waals surface area (Å²) in [6, 6.07) is 3.23. The van der Waals surface area contributed by atoms with Gasteiger partial charge in [-0.3, -0.25) is 0 Å². The number of aryl methyl sites for hydroxylation is 1. The lowest BCUT2D eigenvalue weighted by Crippen LogP contribution is -2.29. The van der Waals surface area contributed by atoms with Gasteiger partial charge >= 0.3 is 5.97 Å². The van der Waals surface area contributed by atoms with Crippen molar-refractivity contribution in [3.8, 4) is 11.5 Å². The average molecular weight is 254 g/mol. The van der Waals surface area contributed by atoms with E-state index in [4.69, 9.17) is 14.3 Å². The zero-order valence-electron chi connectivity index (χ0n) is 10.8. The van der Waals surface area contributed by atoms with E-state index < -0.39 is 14.3 Å². The summed E-state index contributed by atoms with van der Waals surface area (Å²) in [5.41, 5.74) is 0.913. The van der Waals surface area contributed by atoms with Crippen molar-refractivity contribution >= 4 is 14.3 Å². The van der Waals surface area contributed by atoms with Crippen molar-refractivity contribution in [2.45, 2.75) is 26.6 Å². The van der Waals surface area contributed by atoms with Gasteiger partial charge in [-0.2, -0.15) is 0 Å². The summed E-state index contributed by atoms with van der Waals surface area (Å²) in [6.07, 6.45) is 0. The van der Waals surface area contributed by atoms with Crippen molar-refractivity contribution in [2.24, 2.45) is 0 Å². The van der Waals surface area contributed by atoms with Gasteiger partial charge in [0, 0.05) is 0 Å². The molecule has 0 aliphatic rings. The van der Waals surface area contributed by atoms with E-state index >= 15 is 0 Å². The maximum absolute atomic E-state index is 11.0. The minimum atomic E-state index is -1.74. The lowest BCUT2D eigenvalue weighted by atomic mass is 10.1. The molecule has 1 aromatic carbocycles. The van der Waals surface area contributed by atoms with E-state index in [0.717, 1.165) is 0 Å². The molecule has 0 aliphatic carbocycles. The zero-order chi connectivity index (χ0) is 13.2. The van der Waals surface area contributed by atoms with Crippen molar-refractivity contribution in [3.63, 3.8) is 0 Å². The van der Waals surface area contributed by atoms with Crippen LogP contribution in [0, 0.1) is 6.92 Å². The first kappa shape index (κ1) is 13.6. The molecule has 0 saturated heterocycles. The molecule has 94 valence electrons. The van der Waals surface area contributed by atoms with Gasteiger partial charge in [0.1, 0.15) is 5.75 Å². The van der Waals surface area contributed by atoms with E-state index in [0.29, 0.717) is 17.1 Å². The zero-order valence-corrected chi connectivity index (χ0v) is 11.8. The molecule has 1 rings (SSSR count). The fraction of sp³-hybridized carbons (Fsp3) is 0.417. The number of carboxylic acid groups (broad SMARTS) is 1. The van der Waals surface area contributed by atoms with Gasteiger partial charge in [-0.25, -0.2) is 4.79 Å². The summed E-state index contributed by atoms with van der Waals surface area (Å²) in [5.74, 6) is 0.130. The molecule has 17 heavy (non-hydrogen) atoms. The van der Waals surface area contributed by atoms with Gasteiger partial charge in [-0.05, 0) is 44.3 Å². The van der Waals surface area contributed by atoms with Crippen LogP contribution in [-0.2, 0) is 0 Å². The molecule has 0 amide bonds. The highest BCUT2D eigenvalue weighted by Crippen LogP contribution is 2.32. The number of methoxy groups -OCH3 is 1. The van der Waals surface area contributed by atoms with Crippen LogP contribution in [0.4, 0.5) is 0 Å². The van der Waals surface area contributed by atoms with Crippen LogP contribution in [0.2, 0.25) is 19.6 Å². The van der Waals surface area contributed by atoms with E-state index in [-0.39, 0.29) is 5.56 Å². The first-order chi connectivity index (χ1) is 7.74. The third-order valence-corrected chi connectivity index (χ3v) is 2.99.